The maximum atomic E-state index is 2.28. The first kappa shape index (κ1) is 11.8. The van der Waals surface area contributed by atoms with Gasteiger partial charge in [-0.15, -0.1) is 0 Å². The third kappa shape index (κ3) is 2.94. The maximum Gasteiger partial charge on any atom is 0.173 e. The molecule has 1 aromatic heterocycles. The van der Waals surface area contributed by atoms with Gasteiger partial charge in [0.1, 0.15) is 0 Å². The molecule has 1 heterocycles. The van der Waals surface area contributed by atoms with Crippen LogP contribution in [-0.2, 0) is 19.4 Å². The second kappa shape index (κ2) is 5.62. The third-order valence-corrected chi connectivity index (χ3v) is 3.17. The number of aryl methyl sites for hydroxylation is 2. The molecule has 0 radical (unpaired) electrons. The lowest BCUT2D eigenvalue weighted by atomic mass is 10.1. The summed E-state index contributed by atoms with van der Waals surface area (Å²) in [7, 11) is 0. The van der Waals surface area contributed by atoms with Crippen molar-refractivity contribution >= 4 is 0 Å². The molecule has 0 saturated heterocycles. The molecule has 1 nitrogen and oxygen atoms in total. The van der Waals surface area contributed by atoms with Crippen molar-refractivity contribution in [1.82, 2.24) is 0 Å². The molecule has 17 heavy (non-hydrogen) atoms. The van der Waals surface area contributed by atoms with Crippen LogP contribution in [0.1, 0.15) is 30.5 Å². The number of benzene rings is 1. The molecule has 0 N–H and O–H groups in total. The summed E-state index contributed by atoms with van der Waals surface area (Å²) in [6.45, 7) is 5.40. The lowest BCUT2D eigenvalue weighted by Crippen LogP contribution is -2.34. The van der Waals surface area contributed by atoms with Crippen LogP contribution in [0.15, 0.2) is 48.8 Å². The topological polar surface area (TPSA) is 3.88 Å². The molecule has 0 aliphatic carbocycles. The van der Waals surface area contributed by atoms with E-state index >= 15 is 0 Å². The van der Waals surface area contributed by atoms with Crippen LogP contribution >= 0.6 is 0 Å². The van der Waals surface area contributed by atoms with E-state index in [1.165, 1.54) is 16.7 Å². The molecular weight excluding hydrogens is 206 g/mol. The SMILES string of the molecule is CCc1cc[n+](Cc2ccccc2)cc1CC. The van der Waals surface area contributed by atoms with E-state index in [1.807, 2.05) is 0 Å². The van der Waals surface area contributed by atoms with Gasteiger partial charge in [-0.05, 0) is 18.4 Å². The second-order valence-electron chi connectivity index (χ2n) is 4.36. The van der Waals surface area contributed by atoms with Gasteiger partial charge in [0, 0.05) is 17.2 Å². The van der Waals surface area contributed by atoms with Crippen molar-refractivity contribution in [1.29, 1.82) is 0 Å². The molecule has 0 aliphatic heterocycles. The zero-order chi connectivity index (χ0) is 12.1. The Morgan fingerprint density at radius 2 is 1.59 bits per heavy atom. The average molecular weight is 226 g/mol. The highest BCUT2D eigenvalue weighted by atomic mass is 14.9. The third-order valence-electron chi connectivity index (χ3n) is 3.17. The van der Waals surface area contributed by atoms with Crippen LogP contribution in [-0.4, -0.2) is 0 Å². The van der Waals surface area contributed by atoms with Gasteiger partial charge in [0.2, 0.25) is 0 Å². The highest BCUT2D eigenvalue weighted by molar-refractivity contribution is 5.21. The Hall–Kier alpha value is -1.63. The molecule has 0 fully saturated rings. The number of hydrogen-bond donors (Lipinski definition) is 0. The Balaban J connectivity index is 2.22. The lowest BCUT2D eigenvalue weighted by Gasteiger charge is -2.04. The molecule has 0 unspecified atom stereocenters. The minimum Gasteiger partial charge on any atom is -0.200 e. The minimum atomic E-state index is 0.956. The van der Waals surface area contributed by atoms with Gasteiger partial charge >= 0.3 is 0 Å². The summed E-state index contributed by atoms with van der Waals surface area (Å²) in [4.78, 5) is 0. The summed E-state index contributed by atoms with van der Waals surface area (Å²) in [5, 5.41) is 0. The van der Waals surface area contributed by atoms with Crippen LogP contribution in [0.5, 0.6) is 0 Å². The lowest BCUT2D eigenvalue weighted by molar-refractivity contribution is -0.688. The Labute approximate surface area is 104 Å². The van der Waals surface area contributed by atoms with Crippen LogP contribution < -0.4 is 4.57 Å². The van der Waals surface area contributed by atoms with Gasteiger partial charge in [0.05, 0.1) is 0 Å². The number of nitrogens with zero attached hydrogens (tertiary/aromatic N) is 1. The zero-order valence-electron chi connectivity index (χ0n) is 10.7. The van der Waals surface area contributed by atoms with E-state index < -0.39 is 0 Å². The maximum absolute atomic E-state index is 2.28. The van der Waals surface area contributed by atoms with Gasteiger partial charge in [-0.2, -0.15) is 0 Å². The molecule has 2 rings (SSSR count). The molecule has 88 valence electrons. The first-order valence-corrected chi connectivity index (χ1v) is 6.38. The Morgan fingerprint density at radius 1 is 0.882 bits per heavy atom. The van der Waals surface area contributed by atoms with Crippen molar-refractivity contribution in [3.8, 4) is 0 Å². The Morgan fingerprint density at radius 3 is 2.24 bits per heavy atom. The van der Waals surface area contributed by atoms with Gasteiger partial charge in [0.15, 0.2) is 18.9 Å². The average Bonchev–Trinajstić information content (AvgIpc) is 2.40. The van der Waals surface area contributed by atoms with Gasteiger partial charge in [-0.1, -0.05) is 44.2 Å². The molecule has 0 aliphatic rings. The van der Waals surface area contributed by atoms with Crippen molar-refractivity contribution in [3.05, 3.63) is 65.5 Å². The Kier molecular flexibility index (Phi) is 3.92. The van der Waals surface area contributed by atoms with Crippen molar-refractivity contribution < 1.29 is 4.57 Å². The van der Waals surface area contributed by atoms with Crippen LogP contribution in [0.3, 0.4) is 0 Å². The van der Waals surface area contributed by atoms with E-state index in [0.717, 1.165) is 19.4 Å². The van der Waals surface area contributed by atoms with E-state index in [-0.39, 0.29) is 0 Å². The van der Waals surface area contributed by atoms with E-state index in [9.17, 15) is 0 Å². The van der Waals surface area contributed by atoms with Gasteiger partial charge in [0.25, 0.3) is 0 Å². The summed E-state index contributed by atoms with van der Waals surface area (Å²) < 4.78 is 2.27. The van der Waals surface area contributed by atoms with Gasteiger partial charge in [-0.25, -0.2) is 4.57 Å². The second-order valence-corrected chi connectivity index (χ2v) is 4.36. The van der Waals surface area contributed by atoms with Crippen molar-refractivity contribution in [2.45, 2.75) is 33.2 Å². The molecule has 0 amide bonds. The smallest absolute Gasteiger partial charge is 0.173 e. The molecular formula is C16H20N+. The summed E-state index contributed by atoms with van der Waals surface area (Å²) in [5.41, 5.74) is 4.28. The van der Waals surface area contributed by atoms with Crippen LogP contribution in [0.25, 0.3) is 0 Å². The monoisotopic (exact) mass is 226 g/mol. The summed E-state index contributed by atoms with van der Waals surface area (Å²) in [5.74, 6) is 0. The van der Waals surface area contributed by atoms with Crippen molar-refractivity contribution in [2.75, 3.05) is 0 Å². The highest BCUT2D eigenvalue weighted by Crippen LogP contribution is 2.07. The summed E-state index contributed by atoms with van der Waals surface area (Å²) in [6, 6.07) is 12.8. The van der Waals surface area contributed by atoms with Crippen molar-refractivity contribution in [2.24, 2.45) is 0 Å². The molecule has 1 heteroatoms. The van der Waals surface area contributed by atoms with E-state index in [1.54, 1.807) is 0 Å². The quantitative estimate of drug-likeness (QED) is 0.705. The predicted molar refractivity (Wildman–Crippen MR) is 70.9 cm³/mol. The van der Waals surface area contributed by atoms with Crippen molar-refractivity contribution in [3.63, 3.8) is 0 Å². The Bertz CT molecular complexity index is 474. The fourth-order valence-electron chi connectivity index (χ4n) is 2.17. The molecule has 0 spiro atoms. The molecule has 1 aromatic carbocycles. The van der Waals surface area contributed by atoms with E-state index in [2.05, 4.69) is 67.2 Å². The van der Waals surface area contributed by atoms with Gasteiger partial charge in [-0.3, -0.25) is 0 Å². The first-order chi connectivity index (χ1) is 8.33. The predicted octanol–water partition coefficient (Wildman–Crippen LogP) is 3.15. The number of hydrogen-bond acceptors (Lipinski definition) is 0. The zero-order valence-corrected chi connectivity index (χ0v) is 10.7. The van der Waals surface area contributed by atoms with Crippen LogP contribution in [0.4, 0.5) is 0 Å². The van der Waals surface area contributed by atoms with Crippen LogP contribution in [0, 0.1) is 0 Å². The van der Waals surface area contributed by atoms with E-state index in [4.69, 9.17) is 0 Å². The number of aromatic nitrogens is 1. The number of rotatable bonds is 4. The number of pyridine rings is 1. The summed E-state index contributed by atoms with van der Waals surface area (Å²) in [6.07, 6.45) is 6.70. The van der Waals surface area contributed by atoms with Gasteiger partial charge < -0.3 is 0 Å². The molecule has 2 aromatic rings. The minimum absolute atomic E-state index is 0.956. The fraction of sp³-hybridized carbons (Fsp3) is 0.312. The van der Waals surface area contributed by atoms with Crippen LogP contribution in [0.2, 0.25) is 0 Å². The molecule has 0 atom stereocenters. The molecule has 0 saturated carbocycles. The normalized spacial score (nSPS) is 10.5. The first-order valence-electron chi connectivity index (χ1n) is 6.38. The van der Waals surface area contributed by atoms with E-state index in [0.29, 0.717) is 0 Å². The standard InChI is InChI=1S/C16H20N/c1-3-15-10-11-17(13-16(15)4-2)12-14-8-6-5-7-9-14/h5-11,13H,3-4,12H2,1-2H3/q+1. The summed E-state index contributed by atoms with van der Waals surface area (Å²) >= 11 is 0. The fourth-order valence-corrected chi connectivity index (χ4v) is 2.17. The molecule has 0 bridgehead atoms. The largest absolute Gasteiger partial charge is 0.200 e. The highest BCUT2D eigenvalue weighted by Gasteiger charge is 2.07.